The highest BCUT2D eigenvalue weighted by molar-refractivity contribution is 5.91. The zero-order chi connectivity index (χ0) is 12.4. The molecule has 0 atom stereocenters. The molecule has 2 aromatic rings. The van der Waals surface area contributed by atoms with Crippen LogP contribution in [0.15, 0.2) is 34.7 Å². The summed E-state index contributed by atoms with van der Waals surface area (Å²) < 4.78 is 23.6. The summed E-state index contributed by atoms with van der Waals surface area (Å²) in [7, 11) is 1.40. The molecule has 0 saturated carbocycles. The number of carbonyl (C=O) groups excluding carboxylic acids is 1. The summed E-state index contributed by atoms with van der Waals surface area (Å²) >= 11 is 0. The number of halogens is 1. The second-order valence-electron chi connectivity index (χ2n) is 3.57. The number of ether oxygens (including phenoxy) is 1. The lowest BCUT2D eigenvalue weighted by molar-refractivity contribution is 0.0988. The molecular formula is C13H11FO3. The first-order chi connectivity index (χ1) is 8.11. The van der Waals surface area contributed by atoms with Gasteiger partial charge in [0.05, 0.1) is 7.11 Å². The first-order valence-electron chi connectivity index (χ1n) is 5.06. The number of hydrogen-bond acceptors (Lipinski definition) is 3. The molecule has 0 aliphatic heterocycles. The van der Waals surface area contributed by atoms with Gasteiger partial charge in [0.1, 0.15) is 5.76 Å². The van der Waals surface area contributed by atoms with Crippen molar-refractivity contribution >= 4 is 5.78 Å². The van der Waals surface area contributed by atoms with Crippen molar-refractivity contribution in [3.63, 3.8) is 0 Å². The van der Waals surface area contributed by atoms with Gasteiger partial charge in [-0.3, -0.25) is 4.79 Å². The van der Waals surface area contributed by atoms with Gasteiger partial charge >= 0.3 is 0 Å². The van der Waals surface area contributed by atoms with Crippen molar-refractivity contribution in [2.24, 2.45) is 0 Å². The monoisotopic (exact) mass is 234 g/mol. The molecule has 0 spiro atoms. The Morgan fingerprint density at radius 1 is 1.29 bits per heavy atom. The molecule has 1 aromatic carbocycles. The Kier molecular flexibility index (Phi) is 2.95. The fourth-order valence-electron chi connectivity index (χ4n) is 1.50. The normalized spacial score (nSPS) is 10.3. The van der Waals surface area contributed by atoms with E-state index in [4.69, 9.17) is 9.15 Å². The molecule has 0 aliphatic rings. The number of carbonyl (C=O) groups is 1. The van der Waals surface area contributed by atoms with Gasteiger partial charge in [-0.15, -0.1) is 0 Å². The minimum Gasteiger partial charge on any atom is -0.494 e. The third-order valence-electron chi connectivity index (χ3n) is 2.39. The van der Waals surface area contributed by atoms with Crippen LogP contribution >= 0.6 is 0 Å². The van der Waals surface area contributed by atoms with Crippen LogP contribution in [0.4, 0.5) is 4.39 Å². The van der Waals surface area contributed by atoms with Gasteiger partial charge in [-0.25, -0.2) is 4.39 Å². The number of rotatable bonds is 3. The molecule has 17 heavy (non-hydrogen) atoms. The Morgan fingerprint density at radius 3 is 2.59 bits per heavy atom. The summed E-state index contributed by atoms with van der Waals surface area (Å²) in [4.78, 5) is 11.1. The molecule has 1 aromatic heterocycles. The van der Waals surface area contributed by atoms with Crippen molar-refractivity contribution < 1.29 is 18.3 Å². The fraction of sp³-hybridized carbons (Fsp3) is 0.154. The highest BCUT2D eigenvalue weighted by Gasteiger charge is 2.10. The van der Waals surface area contributed by atoms with E-state index in [2.05, 4.69) is 0 Å². The van der Waals surface area contributed by atoms with Crippen LogP contribution in [0.3, 0.4) is 0 Å². The maximum absolute atomic E-state index is 13.5. The van der Waals surface area contributed by atoms with Crippen molar-refractivity contribution in [1.29, 1.82) is 0 Å². The van der Waals surface area contributed by atoms with E-state index in [0.29, 0.717) is 11.3 Å². The average molecular weight is 234 g/mol. The topological polar surface area (TPSA) is 39.4 Å². The Morgan fingerprint density at radius 2 is 2.06 bits per heavy atom. The molecule has 0 fully saturated rings. The number of furan rings is 1. The van der Waals surface area contributed by atoms with Crippen LogP contribution in [0.25, 0.3) is 11.3 Å². The molecule has 0 unspecified atom stereocenters. The molecule has 4 heteroatoms. The van der Waals surface area contributed by atoms with Gasteiger partial charge in [-0.2, -0.15) is 0 Å². The van der Waals surface area contributed by atoms with E-state index in [-0.39, 0.29) is 17.3 Å². The van der Waals surface area contributed by atoms with E-state index in [1.165, 1.54) is 26.2 Å². The minimum atomic E-state index is -0.467. The predicted molar refractivity (Wildman–Crippen MR) is 60.7 cm³/mol. The third-order valence-corrected chi connectivity index (χ3v) is 2.39. The third kappa shape index (κ3) is 2.20. The zero-order valence-electron chi connectivity index (χ0n) is 9.49. The van der Waals surface area contributed by atoms with Crippen LogP contribution in [0.2, 0.25) is 0 Å². The van der Waals surface area contributed by atoms with Gasteiger partial charge in [0.2, 0.25) is 0 Å². The first-order valence-corrected chi connectivity index (χ1v) is 5.06. The maximum Gasteiger partial charge on any atom is 0.194 e. The molecule has 0 saturated heterocycles. The molecule has 0 aliphatic carbocycles. The van der Waals surface area contributed by atoms with Gasteiger partial charge in [-0.05, 0) is 30.3 Å². The molecule has 2 rings (SSSR count). The second kappa shape index (κ2) is 4.41. The Labute approximate surface area is 97.8 Å². The van der Waals surface area contributed by atoms with E-state index < -0.39 is 5.82 Å². The highest BCUT2D eigenvalue weighted by Crippen LogP contribution is 2.27. The highest BCUT2D eigenvalue weighted by atomic mass is 19.1. The van der Waals surface area contributed by atoms with E-state index in [1.807, 2.05) is 0 Å². The van der Waals surface area contributed by atoms with E-state index in [0.717, 1.165) is 0 Å². The summed E-state index contributed by atoms with van der Waals surface area (Å²) in [5, 5.41) is 0. The predicted octanol–water partition coefficient (Wildman–Crippen LogP) is 3.30. The van der Waals surface area contributed by atoms with Gasteiger partial charge in [0, 0.05) is 12.5 Å². The Hall–Kier alpha value is -2.10. The molecule has 88 valence electrons. The smallest absolute Gasteiger partial charge is 0.194 e. The maximum atomic E-state index is 13.5. The molecule has 3 nitrogen and oxygen atoms in total. The van der Waals surface area contributed by atoms with Crippen LogP contribution in [-0.4, -0.2) is 12.9 Å². The van der Waals surface area contributed by atoms with Crippen molar-refractivity contribution in [1.82, 2.24) is 0 Å². The molecular weight excluding hydrogens is 223 g/mol. The summed E-state index contributed by atoms with van der Waals surface area (Å²) in [5.41, 5.74) is 0.566. The standard InChI is InChI=1S/C13H11FO3/c1-8(15)11-5-6-12(17-11)9-3-4-13(16-2)10(14)7-9/h3-7H,1-2H3. The number of benzene rings is 1. The largest absolute Gasteiger partial charge is 0.494 e. The minimum absolute atomic E-state index is 0.162. The summed E-state index contributed by atoms with van der Waals surface area (Å²) in [5.74, 6) is 0.260. The Bertz CT molecular complexity index is 558. The molecule has 0 N–H and O–H groups in total. The second-order valence-corrected chi connectivity index (χ2v) is 3.57. The number of hydrogen-bond donors (Lipinski definition) is 0. The van der Waals surface area contributed by atoms with Crippen molar-refractivity contribution in [3.05, 3.63) is 41.9 Å². The zero-order valence-corrected chi connectivity index (χ0v) is 9.49. The van der Waals surface area contributed by atoms with E-state index in [9.17, 15) is 9.18 Å². The summed E-state index contributed by atoms with van der Waals surface area (Å²) in [6.45, 7) is 1.41. The van der Waals surface area contributed by atoms with Gasteiger partial charge in [0.15, 0.2) is 23.1 Å². The number of ketones is 1. The van der Waals surface area contributed by atoms with Crippen LogP contribution in [0, 0.1) is 5.82 Å². The molecule has 0 bridgehead atoms. The number of methoxy groups -OCH3 is 1. The van der Waals surface area contributed by atoms with Crippen LogP contribution < -0.4 is 4.74 Å². The van der Waals surface area contributed by atoms with E-state index >= 15 is 0 Å². The summed E-state index contributed by atoms with van der Waals surface area (Å²) in [6.07, 6.45) is 0. The van der Waals surface area contributed by atoms with Gasteiger partial charge < -0.3 is 9.15 Å². The number of Topliss-reactive ketones (excluding diaryl/α,β-unsaturated/α-hetero) is 1. The van der Waals surface area contributed by atoms with Crippen LogP contribution in [-0.2, 0) is 0 Å². The molecule has 0 radical (unpaired) electrons. The van der Waals surface area contributed by atoms with Crippen LogP contribution in [0.1, 0.15) is 17.5 Å². The molecule has 1 heterocycles. The average Bonchev–Trinajstić information content (AvgIpc) is 2.78. The lowest BCUT2D eigenvalue weighted by atomic mass is 10.1. The molecule has 0 amide bonds. The quantitative estimate of drug-likeness (QED) is 0.765. The lowest BCUT2D eigenvalue weighted by Gasteiger charge is -2.02. The Balaban J connectivity index is 2.39. The van der Waals surface area contributed by atoms with Gasteiger partial charge in [-0.1, -0.05) is 0 Å². The van der Waals surface area contributed by atoms with Crippen molar-refractivity contribution in [2.75, 3.05) is 7.11 Å². The van der Waals surface area contributed by atoms with Crippen LogP contribution in [0.5, 0.6) is 5.75 Å². The SMILES string of the molecule is COc1ccc(-c2ccc(C(C)=O)o2)cc1F. The fourth-order valence-corrected chi connectivity index (χ4v) is 1.50. The van der Waals surface area contributed by atoms with E-state index in [1.54, 1.807) is 18.2 Å². The summed E-state index contributed by atoms with van der Waals surface area (Å²) in [6, 6.07) is 7.70. The van der Waals surface area contributed by atoms with Gasteiger partial charge in [0.25, 0.3) is 0 Å². The lowest BCUT2D eigenvalue weighted by Crippen LogP contribution is -1.88. The van der Waals surface area contributed by atoms with Crippen molar-refractivity contribution in [3.8, 4) is 17.1 Å². The van der Waals surface area contributed by atoms with Crippen molar-refractivity contribution in [2.45, 2.75) is 6.92 Å². The first kappa shape index (κ1) is 11.4.